The molecule has 0 fully saturated rings. The fraction of sp³-hybridized carbons (Fsp3) is 0.800. The molecule has 0 aliphatic rings. The number of ether oxygens (including phenoxy) is 1. The van der Waals surface area contributed by atoms with Crippen LogP contribution in [0.4, 0.5) is 4.79 Å². The number of nitrogens with one attached hydrogen (secondary N) is 1. The first kappa shape index (κ1) is 11.7. The highest BCUT2D eigenvalue weighted by Gasteiger charge is 2.08. The molecule has 2 atom stereocenters. The lowest BCUT2D eigenvalue weighted by Gasteiger charge is -2.11. The summed E-state index contributed by atoms with van der Waals surface area (Å²) in [6, 6.07) is 0. The van der Waals surface area contributed by atoms with Crippen LogP contribution in [-0.2, 0) is 16.0 Å². The molecule has 1 amide bonds. The predicted octanol–water partition coefficient (Wildman–Crippen LogP) is 0.872. The molecule has 7 heteroatoms. The summed E-state index contributed by atoms with van der Waals surface area (Å²) in [5, 5.41) is 0. The highest BCUT2D eigenvalue weighted by molar-refractivity contribution is 7.77. The first-order chi connectivity index (χ1) is 5.56. The van der Waals surface area contributed by atoms with E-state index in [0.717, 1.165) is 6.42 Å². The van der Waals surface area contributed by atoms with Crippen molar-refractivity contribution in [2.24, 2.45) is 0 Å². The Balaban J connectivity index is 3.61. The van der Waals surface area contributed by atoms with Gasteiger partial charge in [-0.15, -0.1) is 0 Å². The minimum Gasteiger partial charge on any atom is -0.755 e. The van der Waals surface area contributed by atoms with Gasteiger partial charge in [0, 0.05) is 11.3 Å². The molecule has 0 aromatic carbocycles. The van der Waals surface area contributed by atoms with Gasteiger partial charge in [0.2, 0.25) is 0 Å². The number of hydrogen-bond donors (Lipinski definition) is 1. The fourth-order valence-electron chi connectivity index (χ4n) is 0.494. The quantitative estimate of drug-likeness (QED) is 0.557. The van der Waals surface area contributed by atoms with Crippen LogP contribution in [0.1, 0.15) is 19.8 Å². The summed E-state index contributed by atoms with van der Waals surface area (Å²) >= 11 is 2.83. The number of hydrogen-bond acceptors (Lipinski definition) is 4. The molecule has 0 saturated heterocycles. The van der Waals surface area contributed by atoms with E-state index in [0.29, 0.717) is 6.42 Å². The molecule has 0 aromatic heterocycles. The van der Waals surface area contributed by atoms with Crippen molar-refractivity contribution in [3.8, 4) is 0 Å². The van der Waals surface area contributed by atoms with Crippen molar-refractivity contribution in [3.05, 3.63) is 0 Å². The fourth-order valence-corrected chi connectivity index (χ4v) is 0.977. The van der Waals surface area contributed by atoms with Crippen molar-refractivity contribution in [1.29, 1.82) is 0 Å². The highest BCUT2D eigenvalue weighted by atomic mass is 35.5. The largest absolute Gasteiger partial charge is 0.755 e. The third-order valence-electron chi connectivity index (χ3n) is 0.917. The molecule has 0 aliphatic heterocycles. The maximum atomic E-state index is 10.5. The predicted molar refractivity (Wildman–Crippen MR) is 43.1 cm³/mol. The number of alkyl halides is 1. The van der Waals surface area contributed by atoms with Crippen LogP contribution in [0.15, 0.2) is 0 Å². The summed E-state index contributed by atoms with van der Waals surface area (Å²) in [6.07, 6.45) is 0.180. The van der Waals surface area contributed by atoms with Crippen LogP contribution >= 0.6 is 11.6 Å². The Morgan fingerprint density at radius 3 is 2.83 bits per heavy atom. The van der Waals surface area contributed by atoms with E-state index in [1.807, 2.05) is 6.92 Å². The van der Waals surface area contributed by atoms with Gasteiger partial charge in [-0.2, -0.15) is 0 Å². The zero-order chi connectivity index (χ0) is 9.56. The molecule has 12 heavy (non-hydrogen) atoms. The second kappa shape index (κ2) is 6.22. The molecule has 0 aliphatic carbocycles. The molecule has 0 heterocycles. The van der Waals surface area contributed by atoms with Gasteiger partial charge in [0.15, 0.2) is 5.56 Å². The maximum Gasteiger partial charge on any atom is 0.419 e. The van der Waals surface area contributed by atoms with Crippen LogP contribution in [0.3, 0.4) is 0 Å². The van der Waals surface area contributed by atoms with Crippen molar-refractivity contribution in [1.82, 2.24) is 4.72 Å². The molecule has 0 rings (SSSR count). The monoisotopic (exact) mass is 214 g/mol. The summed E-state index contributed by atoms with van der Waals surface area (Å²) in [7, 11) is 0. The first-order valence-corrected chi connectivity index (χ1v) is 4.78. The lowest BCUT2D eigenvalue weighted by molar-refractivity contribution is 0.134. The van der Waals surface area contributed by atoms with E-state index in [2.05, 4.69) is 4.74 Å². The van der Waals surface area contributed by atoms with Gasteiger partial charge in [-0.25, -0.2) is 4.79 Å². The lowest BCUT2D eigenvalue weighted by Crippen LogP contribution is -2.28. The lowest BCUT2D eigenvalue weighted by atomic mass is 10.4. The average molecular weight is 215 g/mol. The number of amides is 1. The van der Waals surface area contributed by atoms with Crippen molar-refractivity contribution in [2.45, 2.75) is 25.3 Å². The Hall–Kier alpha value is -0.330. The smallest absolute Gasteiger partial charge is 0.419 e. The Bertz CT molecular complexity index is 177. The van der Waals surface area contributed by atoms with Crippen LogP contribution in [0.25, 0.3) is 0 Å². The SMILES string of the molecule is CCCC(Cl)OC(=O)NS(=O)[O-]. The minimum atomic E-state index is -2.65. The van der Waals surface area contributed by atoms with Crippen molar-refractivity contribution in [3.63, 3.8) is 0 Å². The number of rotatable bonds is 4. The third-order valence-corrected chi connectivity index (χ3v) is 1.56. The molecule has 1 N–H and O–H groups in total. The Morgan fingerprint density at radius 2 is 2.42 bits per heavy atom. The van der Waals surface area contributed by atoms with E-state index < -0.39 is 22.9 Å². The normalized spacial score (nSPS) is 14.9. The van der Waals surface area contributed by atoms with Gasteiger partial charge in [-0.1, -0.05) is 24.9 Å². The molecule has 72 valence electrons. The molecule has 0 aromatic rings. The Morgan fingerprint density at radius 1 is 1.83 bits per heavy atom. The van der Waals surface area contributed by atoms with Gasteiger partial charge < -0.3 is 9.29 Å². The second-order valence-electron chi connectivity index (χ2n) is 1.94. The number of carbonyl (C=O) groups excluding carboxylic acids is 1. The van der Waals surface area contributed by atoms with Gasteiger partial charge in [0.1, 0.15) is 0 Å². The van der Waals surface area contributed by atoms with Crippen LogP contribution in [0.2, 0.25) is 0 Å². The summed E-state index contributed by atoms with van der Waals surface area (Å²) in [5.74, 6) is 0. The van der Waals surface area contributed by atoms with E-state index in [9.17, 15) is 13.6 Å². The molecule has 0 saturated carbocycles. The zero-order valence-electron chi connectivity index (χ0n) is 6.41. The van der Waals surface area contributed by atoms with Crippen LogP contribution in [-0.4, -0.2) is 20.4 Å². The highest BCUT2D eigenvalue weighted by Crippen LogP contribution is 2.06. The van der Waals surface area contributed by atoms with Gasteiger partial charge in [-0.3, -0.25) is 8.93 Å². The Kier molecular flexibility index (Phi) is 6.04. The molecule has 2 unspecified atom stereocenters. The topological polar surface area (TPSA) is 78.5 Å². The first-order valence-electron chi connectivity index (χ1n) is 3.26. The van der Waals surface area contributed by atoms with E-state index in [1.54, 1.807) is 0 Å². The van der Waals surface area contributed by atoms with Crippen LogP contribution in [0, 0.1) is 0 Å². The van der Waals surface area contributed by atoms with Crippen molar-refractivity contribution >= 4 is 29.0 Å². The van der Waals surface area contributed by atoms with Gasteiger partial charge in [0.25, 0.3) is 0 Å². The summed E-state index contributed by atoms with van der Waals surface area (Å²) in [4.78, 5) is 10.5. The molecule has 0 radical (unpaired) electrons. The van der Waals surface area contributed by atoms with E-state index >= 15 is 0 Å². The number of carbonyl (C=O) groups is 1. The maximum absolute atomic E-state index is 10.5. The van der Waals surface area contributed by atoms with Crippen molar-refractivity contribution in [2.75, 3.05) is 0 Å². The molecule has 0 spiro atoms. The number of halogens is 1. The Labute approximate surface area is 77.8 Å². The summed E-state index contributed by atoms with van der Waals surface area (Å²) in [5.41, 5.74) is -0.779. The average Bonchev–Trinajstić information content (AvgIpc) is 1.84. The van der Waals surface area contributed by atoms with Gasteiger partial charge in [0.05, 0.1) is 0 Å². The molecular formula is C5H9ClNO4S-. The molecule has 0 bridgehead atoms. The van der Waals surface area contributed by atoms with E-state index in [1.165, 1.54) is 4.72 Å². The van der Waals surface area contributed by atoms with E-state index in [4.69, 9.17) is 11.6 Å². The second-order valence-corrected chi connectivity index (χ2v) is 3.10. The van der Waals surface area contributed by atoms with Gasteiger partial charge >= 0.3 is 6.09 Å². The standard InChI is InChI=1S/C5H10ClNO4S/c1-2-3-4(6)11-5(8)7-12(9)10/h4H,2-3H2,1H3,(H,7,8)(H,9,10)/p-1. The minimum absolute atomic E-state index is 0.487. The van der Waals surface area contributed by atoms with E-state index in [-0.39, 0.29) is 0 Å². The molecular weight excluding hydrogens is 206 g/mol. The third kappa shape index (κ3) is 6.38. The summed E-state index contributed by atoms with van der Waals surface area (Å²) < 4.78 is 25.7. The molecule has 5 nitrogen and oxygen atoms in total. The summed E-state index contributed by atoms with van der Waals surface area (Å²) in [6.45, 7) is 1.86. The zero-order valence-corrected chi connectivity index (χ0v) is 7.98. The van der Waals surface area contributed by atoms with Gasteiger partial charge in [-0.05, 0) is 6.42 Å². The van der Waals surface area contributed by atoms with Crippen molar-refractivity contribution < 1.29 is 18.3 Å². The van der Waals surface area contributed by atoms with Crippen LogP contribution in [0.5, 0.6) is 0 Å². The van der Waals surface area contributed by atoms with Crippen LogP contribution < -0.4 is 4.72 Å².